The van der Waals surface area contributed by atoms with Crippen LogP contribution in [0.3, 0.4) is 0 Å². The zero-order valence-corrected chi connectivity index (χ0v) is 25.9. The van der Waals surface area contributed by atoms with Crippen molar-refractivity contribution in [3.05, 3.63) is 110 Å². The number of carbonyl (C=O) groups is 1. The van der Waals surface area contributed by atoms with E-state index in [0.717, 1.165) is 48.7 Å². The molecule has 0 atom stereocenters. The van der Waals surface area contributed by atoms with Gasteiger partial charge in [-0.15, -0.1) is 0 Å². The van der Waals surface area contributed by atoms with E-state index in [0.29, 0.717) is 28.0 Å². The first kappa shape index (κ1) is 31.3. The molecule has 44 heavy (non-hydrogen) atoms. The Morgan fingerprint density at radius 3 is 2.59 bits per heavy atom. The molecule has 1 aliphatic rings. The minimum atomic E-state index is -0.916. The number of aryl methyl sites for hydroxylation is 1. The number of nitrogens with one attached hydrogen (secondary N) is 1. The number of pyridine rings is 1. The fourth-order valence-corrected chi connectivity index (χ4v) is 5.63. The summed E-state index contributed by atoms with van der Waals surface area (Å²) in [6.45, 7) is 6.80. The Morgan fingerprint density at radius 1 is 1.05 bits per heavy atom. The Hall–Kier alpha value is -4.12. The number of carboxylic acid groups (broad SMARTS) is 1. The van der Waals surface area contributed by atoms with Crippen LogP contribution >= 0.6 is 23.2 Å². The van der Waals surface area contributed by atoms with Crippen molar-refractivity contribution in [1.82, 2.24) is 29.0 Å². The lowest BCUT2D eigenvalue weighted by Crippen LogP contribution is -2.30. The number of nitrogens with zero attached hydrogens (tertiary/aromatic N) is 5. The average Bonchev–Trinajstić information content (AvgIpc) is 3.61. The number of fused-ring (bicyclic) bond motifs is 1. The van der Waals surface area contributed by atoms with Crippen molar-refractivity contribution in [1.29, 1.82) is 0 Å². The van der Waals surface area contributed by atoms with Crippen LogP contribution in [0.5, 0.6) is 5.75 Å². The van der Waals surface area contributed by atoms with Gasteiger partial charge in [-0.3, -0.25) is 9.69 Å². The number of aromatic nitrogens is 5. The van der Waals surface area contributed by atoms with Crippen LogP contribution in [0, 0.1) is 0 Å². The quantitative estimate of drug-likeness (QED) is 0.196. The van der Waals surface area contributed by atoms with Gasteiger partial charge in [0.25, 0.3) is 0 Å². The molecular formula is C32H34Cl2N6O4. The van der Waals surface area contributed by atoms with Crippen molar-refractivity contribution in [2.45, 2.75) is 52.4 Å². The van der Waals surface area contributed by atoms with Crippen molar-refractivity contribution >= 4 is 40.2 Å². The second-order valence-corrected chi connectivity index (χ2v) is 11.4. The average molecular weight is 638 g/mol. The van der Waals surface area contributed by atoms with Crippen LogP contribution in [-0.2, 0) is 26.2 Å². The highest BCUT2D eigenvalue weighted by Crippen LogP contribution is 2.28. The Bertz CT molecular complexity index is 1790. The van der Waals surface area contributed by atoms with E-state index in [2.05, 4.69) is 30.9 Å². The molecule has 10 nitrogen and oxygen atoms in total. The minimum Gasteiger partial charge on any atom is -0.486 e. The number of benzene rings is 2. The molecular weight excluding hydrogens is 603 g/mol. The summed E-state index contributed by atoms with van der Waals surface area (Å²) in [4.78, 5) is 37.0. The first-order chi connectivity index (χ1) is 21.3. The Morgan fingerprint density at radius 2 is 1.86 bits per heavy atom. The zero-order chi connectivity index (χ0) is 31.1. The lowest BCUT2D eigenvalue weighted by atomic mass is 10.1. The van der Waals surface area contributed by atoms with Crippen molar-refractivity contribution in [3.8, 4) is 5.75 Å². The van der Waals surface area contributed by atoms with Crippen molar-refractivity contribution in [3.63, 3.8) is 0 Å². The number of rotatable bonds is 9. The highest BCUT2D eigenvalue weighted by Gasteiger charge is 2.19. The smallest absolute Gasteiger partial charge is 0.335 e. The molecule has 5 aromatic rings. The molecule has 0 bridgehead atoms. The molecule has 1 fully saturated rings. The lowest BCUT2D eigenvalue weighted by molar-refractivity contribution is 0.0697. The molecule has 1 saturated heterocycles. The zero-order valence-electron chi connectivity index (χ0n) is 24.4. The number of ether oxygens (including phenoxy) is 1. The number of hydrogen-bond acceptors (Lipinski definition) is 6. The number of aromatic carboxylic acids is 1. The van der Waals surface area contributed by atoms with Crippen LogP contribution < -0.4 is 10.2 Å². The van der Waals surface area contributed by atoms with E-state index in [1.807, 2.05) is 18.6 Å². The molecule has 0 saturated carbocycles. The topological polar surface area (TPSA) is 118 Å². The molecule has 1 aliphatic heterocycles. The summed E-state index contributed by atoms with van der Waals surface area (Å²) in [5.74, 6) is 0.597. The molecule has 0 amide bonds. The summed E-state index contributed by atoms with van der Waals surface area (Å²) >= 11 is 11.7. The number of aromatic amines is 1. The SMILES string of the molecule is CCn1cncc1Cn1c(CN2CCCCC2)nc2ccc(C(=O)O)cc21.O=c1cc[nH]c(COc2ccc(Cl)cc2Cl)c1. The summed E-state index contributed by atoms with van der Waals surface area (Å²) in [6, 6.07) is 13.1. The van der Waals surface area contributed by atoms with Gasteiger partial charge >= 0.3 is 5.97 Å². The summed E-state index contributed by atoms with van der Waals surface area (Å²) in [7, 11) is 0. The van der Waals surface area contributed by atoms with Crippen molar-refractivity contribution in [2.75, 3.05) is 13.1 Å². The Kier molecular flexibility index (Phi) is 10.4. The van der Waals surface area contributed by atoms with Gasteiger partial charge in [0, 0.05) is 36.1 Å². The van der Waals surface area contributed by atoms with Gasteiger partial charge in [-0.2, -0.15) is 0 Å². The van der Waals surface area contributed by atoms with E-state index < -0.39 is 5.97 Å². The highest BCUT2D eigenvalue weighted by molar-refractivity contribution is 6.35. The van der Waals surface area contributed by atoms with E-state index >= 15 is 0 Å². The Labute approximate surface area is 264 Å². The fourth-order valence-electron chi connectivity index (χ4n) is 5.17. The lowest BCUT2D eigenvalue weighted by Gasteiger charge is -2.26. The van der Waals surface area contributed by atoms with E-state index in [1.165, 1.54) is 31.4 Å². The van der Waals surface area contributed by atoms with Crippen LogP contribution in [-0.4, -0.2) is 53.2 Å². The van der Waals surface area contributed by atoms with E-state index in [4.69, 9.17) is 32.9 Å². The first-order valence-corrected chi connectivity index (χ1v) is 15.3. The van der Waals surface area contributed by atoms with E-state index in [1.54, 1.807) is 36.5 Å². The van der Waals surface area contributed by atoms with Gasteiger partial charge < -0.3 is 24.0 Å². The molecule has 230 valence electrons. The minimum absolute atomic E-state index is 0.0652. The molecule has 4 heterocycles. The number of carboxylic acids is 1. The first-order valence-electron chi connectivity index (χ1n) is 14.5. The van der Waals surface area contributed by atoms with Gasteiger partial charge in [-0.05, 0) is 69.3 Å². The standard InChI is InChI=1S/C20H25N5O2.C12H9Cl2NO2/c1-2-24-14-21-11-16(24)12-25-18-10-15(20(26)27)6-7-17(18)22-19(25)13-23-8-4-3-5-9-23;13-8-1-2-12(11(14)5-8)17-7-9-6-10(16)3-4-15-9/h6-7,10-11,14H,2-5,8-9,12-13H2,1H3,(H,26,27);1-6H,7H2,(H,15,16). The normalized spacial score (nSPS) is 13.4. The maximum Gasteiger partial charge on any atom is 0.335 e. The van der Waals surface area contributed by atoms with Crippen LogP contribution in [0.15, 0.2) is 72.0 Å². The number of hydrogen-bond donors (Lipinski definition) is 2. The number of piperidine rings is 1. The summed E-state index contributed by atoms with van der Waals surface area (Å²) in [5.41, 5.74) is 3.71. The number of likely N-dealkylation sites (tertiary alicyclic amines) is 1. The third-order valence-corrected chi connectivity index (χ3v) is 7.99. The molecule has 6 rings (SSSR count). The van der Waals surface area contributed by atoms with Crippen molar-refractivity contribution in [2.24, 2.45) is 0 Å². The molecule has 3 aromatic heterocycles. The molecule has 2 aromatic carbocycles. The van der Waals surface area contributed by atoms with Gasteiger partial charge in [0.2, 0.25) is 0 Å². The van der Waals surface area contributed by atoms with Crippen LogP contribution in [0.4, 0.5) is 0 Å². The van der Waals surface area contributed by atoms with E-state index in [9.17, 15) is 14.7 Å². The van der Waals surface area contributed by atoms with Crippen molar-refractivity contribution < 1.29 is 14.6 Å². The number of halogens is 2. The largest absolute Gasteiger partial charge is 0.486 e. The molecule has 12 heteroatoms. The fraction of sp³-hybridized carbons (Fsp3) is 0.312. The monoisotopic (exact) mass is 636 g/mol. The maximum atomic E-state index is 11.4. The highest BCUT2D eigenvalue weighted by atomic mass is 35.5. The summed E-state index contributed by atoms with van der Waals surface area (Å²) in [6.07, 6.45) is 9.04. The summed E-state index contributed by atoms with van der Waals surface area (Å²) in [5, 5.41) is 10.4. The predicted molar refractivity (Wildman–Crippen MR) is 171 cm³/mol. The van der Waals surface area contributed by atoms with Gasteiger partial charge in [0.05, 0.1) is 52.4 Å². The predicted octanol–water partition coefficient (Wildman–Crippen LogP) is 6.25. The van der Waals surface area contributed by atoms with Crippen LogP contribution in [0.2, 0.25) is 10.0 Å². The number of H-pyrrole nitrogens is 1. The van der Waals surface area contributed by atoms with Crippen LogP contribution in [0.1, 0.15) is 53.8 Å². The maximum absolute atomic E-state index is 11.4. The molecule has 0 radical (unpaired) electrons. The molecule has 0 aliphatic carbocycles. The second-order valence-electron chi connectivity index (χ2n) is 10.5. The molecule has 0 spiro atoms. The number of imidazole rings is 2. The van der Waals surface area contributed by atoms with Gasteiger partial charge in [0.1, 0.15) is 18.2 Å². The third-order valence-electron chi connectivity index (χ3n) is 7.46. The van der Waals surface area contributed by atoms with Gasteiger partial charge in [-0.25, -0.2) is 14.8 Å². The van der Waals surface area contributed by atoms with Crippen LogP contribution in [0.25, 0.3) is 11.0 Å². The Balaban J connectivity index is 0.000000195. The molecule has 2 N–H and O–H groups in total. The van der Waals surface area contributed by atoms with E-state index in [-0.39, 0.29) is 17.6 Å². The summed E-state index contributed by atoms with van der Waals surface area (Å²) < 4.78 is 9.73. The second kappa shape index (κ2) is 14.6. The van der Waals surface area contributed by atoms with Gasteiger partial charge in [0.15, 0.2) is 5.43 Å². The van der Waals surface area contributed by atoms with Gasteiger partial charge in [-0.1, -0.05) is 29.6 Å². The third kappa shape index (κ3) is 7.88. The molecule has 0 unspecified atom stereocenters.